The average Bonchev–Trinajstić information content (AvgIpc) is 3.32. The standard InChI is InChI=1S/2C9H7.C6H5P.2ClH.Ti/c2*1-2-5-9-7-3-6-8(9)4-1;7-6-4-2-1-3-5-6;;;/h2*1-7H;1-5H;2*1H;/q;;;;;+2/p-2. The Hall–Kier alpha value is -1.27. The number of hydrogen-bond acceptors (Lipinski definition) is 0. The normalized spacial score (nSPS) is 17.8. The van der Waals surface area contributed by atoms with Crippen molar-refractivity contribution in [3.05, 3.63) is 113 Å². The van der Waals surface area contributed by atoms with E-state index in [0.29, 0.717) is 8.45 Å². The van der Waals surface area contributed by atoms with Gasteiger partial charge in [-0.1, -0.05) is 0 Å². The van der Waals surface area contributed by atoms with Gasteiger partial charge in [-0.25, -0.2) is 0 Å². The SMILES string of the molecule is C1=C[CH]([Ti+2](=[P]c2ccccc2)[CH]2C=Cc3ccccc32)c2ccccc21.[Cl-].[Cl-]. The number of halogens is 2. The molecule has 2 atom stereocenters. The number of rotatable bonds is 3. The zero-order valence-corrected chi connectivity index (χ0v) is 19.1. The number of hydrogen-bond donors (Lipinski definition) is 0. The summed E-state index contributed by atoms with van der Waals surface area (Å²) >= 11 is -1.59. The Labute approximate surface area is 186 Å². The van der Waals surface area contributed by atoms with E-state index in [0.717, 1.165) is 0 Å². The van der Waals surface area contributed by atoms with Crippen molar-refractivity contribution in [3.63, 3.8) is 0 Å². The zero-order valence-electron chi connectivity index (χ0n) is 15.2. The summed E-state index contributed by atoms with van der Waals surface area (Å²) in [5.74, 6) is 0. The second-order valence-electron chi connectivity index (χ2n) is 6.80. The van der Waals surface area contributed by atoms with Crippen LogP contribution in [0.25, 0.3) is 12.2 Å². The molecule has 0 nitrogen and oxygen atoms in total. The summed E-state index contributed by atoms with van der Waals surface area (Å²) in [7, 11) is 0. The van der Waals surface area contributed by atoms with Gasteiger partial charge in [0.1, 0.15) is 0 Å². The minimum Gasteiger partial charge on any atom is -1.00 e. The topological polar surface area (TPSA) is 0 Å². The third-order valence-corrected chi connectivity index (χ3v) is 14.3. The Bertz CT molecular complexity index is 993. The molecule has 0 heterocycles. The first-order valence-corrected chi connectivity index (χ1v) is 13.9. The smallest absolute Gasteiger partial charge is 1.00 e. The van der Waals surface area contributed by atoms with Gasteiger partial charge in [-0.15, -0.1) is 0 Å². The summed E-state index contributed by atoms with van der Waals surface area (Å²) in [6.07, 6.45) is 11.2. The largest absolute Gasteiger partial charge is 1.00 e. The minimum atomic E-state index is -1.59. The summed E-state index contributed by atoms with van der Waals surface area (Å²) < 4.78 is 1.24. The van der Waals surface area contributed by atoms with Crippen molar-refractivity contribution in [2.24, 2.45) is 0 Å². The van der Waals surface area contributed by atoms with E-state index in [1.165, 1.54) is 16.4 Å². The molecular weight excluding hydrogens is 438 g/mol. The van der Waals surface area contributed by atoms with Crippen molar-refractivity contribution in [2.45, 2.75) is 8.45 Å². The van der Waals surface area contributed by atoms with Crippen molar-refractivity contribution in [1.29, 1.82) is 0 Å². The first-order valence-electron chi connectivity index (χ1n) is 9.08. The quantitative estimate of drug-likeness (QED) is 0.393. The molecule has 0 aromatic heterocycles. The molecule has 0 fully saturated rings. The molecule has 0 spiro atoms. The van der Waals surface area contributed by atoms with E-state index in [1.807, 2.05) is 0 Å². The monoisotopic (exact) mass is 456 g/mol. The van der Waals surface area contributed by atoms with Gasteiger partial charge in [0.2, 0.25) is 0 Å². The molecule has 138 valence electrons. The number of benzene rings is 3. The van der Waals surface area contributed by atoms with Crippen molar-refractivity contribution < 1.29 is 41.7 Å². The molecule has 2 aliphatic rings. The Kier molecular flexibility index (Phi) is 7.27. The summed E-state index contributed by atoms with van der Waals surface area (Å²) in [6, 6.07) is 29.0. The van der Waals surface area contributed by atoms with E-state index in [9.17, 15) is 0 Å². The van der Waals surface area contributed by atoms with Crippen LogP contribution < -0.4 is 30.1 Å². The van der Waals surface area contributed by atoms with E-state index in [4.69, 9.17) is 0 Å². The molecule has 3 aromatic carbocycles. The Balaban J connectivity index is 0.00000112. The maximum absolute atomic E-state index is 2.49. The third-order valence-electron chi connectivity index (χ3n) is 5.25. The van der Waals surface area contributed by atoms with Gasteiger partial charge in [0.15, 0.2) is 0 Å². The summed E-state index contributed by atoms with van der Waals surface area (Å²) in [5, 5.41) is 1.47. The summed E-state index contributed by atoms with van der Waals surface area (Å²) in [4.78, 5) is 0. The molecule has 5 rings (SSSR count). The van der Waals surface area contributed by atoms with Crippen molar-refractivity contribution in [1.82, 2.24) is 0 Å². The van der Waals surface area contributed by atoms with E-state index in [-0.39, 0.29) is 24.8 Å². The number of allylic oxidation sites excluding steroid dienone is 2. The van der Waals surface area contributed by atoms with Crippen LogP contribution in [0.1, 0.15) is 30.7 Å². The van der Waals surface area contributed by atoms with Gasteiger partial charge in [-0.05, 0) is 0 Å². The first kappa shape index (κ1) is 21.4. The third kappa shape index (κ3) is 4.04. The molecular formula is C24H19Cl2PTi. The predicted octanol–water partition coefficient (Wildman–Crippen LogP) is 0.336. The fourth-order valence-corrected chi connectivity index (χ4v) is 13.5. The van der Waals surface area contributed by atoms with E-state index in [1.54, 1.807) is 17.2 Å². The molecule has 3 aromatic rings. The van der Waals surface area contributed by atoms with Crippen LogP contribution in [0.5, 0.6) is 0 Å². The first-order chi connectivity index (χ1) is 12.9. The molecule has 28 heavy (non-hydrogen) atoms. The Morgan fingerprint density at radius 2 is 1.04 bits per heavy atom. The number of fused-ring (bicyclic) bond motifs is 2. The molecule has 0 bridgehead atoms. The van der Waals surface area contributed by atoms with Gasteiger partial charge in [0.25, 0.3) is 0 Å². The van der Waals surface area contributed by atoms with Gasteiger partial charge in [-0.3, -0.25) is 0 Å². The van der Waals surface area contributed by atoms with Crippen LogP contribution in [-0.4, -0.2) is 0 Å². The van der Waals surface area contributed by atoms with Gasteiger partial charge in [0.05, 0.1) is 0 Å². The summed E-state index contributed by atoms with van der Waals surface area (Å²) in [6.45, 7) is 0. The van der Waals surface area contributed by atoms with Gasteiger partial charge in [0, 0.05) is 0 Å². The van der Waals surface area contributed by atoms with E-state index in [2.05, 4.69) is 103 Å². The molecule has 0 aliphatic heterocycles. The molecule has 0 amide bonds. The fraction of sp³-hybridized carbons (Fsp3) is 0.0833. The van der Waals surface area contributed by atoms with E-state index >= 15 is 0 Å². The molecule has 0 saturated carbocycles. The Morgan fingerprint density at radius 3 is 1.57 bits per heavy atom. The van der Waals surface area contributed by atoms with Crippen molar-refractivity contribution >= 4 is 23.6 Å². The zero-order chi connectivity index (χ0) is 17.3. The molecule has 0 N–H and O–H groups in total. The predicted molar refractivity (Wildman–Crippen MR) is 109 cm³/mol. The fourth-order valence-electron chi connectivity index (χ4n) is 4.00. The van der Waals surface area contributed by atoms with Crippen LogP contribution in [-0.2, 0) is 16.9 Å². The maximum Gasteiger partial charge on any atom is -1.00 e. The van der Waals surface area contributed by atoms with Crippen LogP contribution in [0, 0.1) is 0 Å². The minimum absolute atomic E-state index is 0. The average molecular weight is 457 g/mol. The van der Waals surface area contributed by atoms with E-state index < -0.39 is 16.9 Å². The van der Waals surface area contributed by atoms with Crippen LogP contribution in [0.3, 0.4) is 0 Å². The second kappa shape index (κ2) is 9.49. The van der Waals surface area contributed by atoms with Gasteiger partial charge < -0.3 is 24.8 Å². The van der Waals surface area contributed by atoms with Crippen LogP contribution in [0.15, 0.2) is 91.0 Å². The van der Waals surface area contributed by atoms with Gasteiger partial charge >= 0.3 is 162 Å². The van der Waals surface area contributed by atoms with Crippen LogP contribution in [0.2, 0.25) is 0 Å². The van der Waals surface area contributed by atoms with Crippen molar-refractivity contribution in [3.8, 4) is 0 Å². The molecule has 2 unspecified atom stereocenters. The molecule has 0 saturated heterocycles. The molecule has 4 heteroatoms. The van der Waals surface area contributed by atoms with Crippen LogP contribution >= 0.6 is 6.11 Å². The second-order valence-corrected chi connectivity index (χ2v) is 14.0. The summed E-state index contributed by atoms with van der Waals surface area (Å²) in [5.41, 5.74) is 5.93. The maximum atomic E-state index is 2.49. The Morgan fingerprint density at radius 1 is 0.571 bits per heavy atom. The molecule has 2 aliphatic carbocycles. The van der Waals surface area contributed by atoms with Crippen LogP contribution in [0.4, 0.5) is 0 Å². The molecule has 0 radical (unpaired) electrons. The van der Waals surface area contributed by atoms with Crippen molar-refractivity contribution in [2.75, 3.05) is 0 Å². The van der Waals surface area contributed by atoms with Gasteiger partial charge in [-0.2, -0.15) is 0 Å².